The van der Waals surface area contributed by atoms with Crippen LogP contribution in [0.25, 0.3) is 0 Å². The number of nitrogens with zero attached hydrogens (tertiary/aromatic N) is 1. The van der Waals surface area contributed by atoms with Gasteiger partial charge in [-0.1, -0.05) is 0 Å². The van der Waals surface area contributed by atoms with E-state index in [0.29, 0.717) is 0 Å². The van der Waals surface area contributed by atoms with Gasteiger partial charge in [0.15, 0.2) is 0 Å². The van der Waals surface area contributed by atoms with Crippen molar-refractivity contribution in [2.45, 2.75) is 38.1 Å². The molecule has 2 aliphatic heterocycles. The van der Waals surface area contributed by atoms with Crippen LogP contribution in [0.5, 0.6) is 0 Å². The SMILES string of the molecule is NCCCC1CCN1CCCC1COC1. The van der Waals surface area contributed by atoms with Crippen LogP contribution in [0.1, 0.15) is 32.1 Å². The summed E-state index contributed by atoms with van der Waals surface area (Å²) in [5, 5.41) is 0. The fourth-order valence-electron chi connectivity index (χ4n) is 2.50. The van der Waals surface area contributed by atoms with Crippen LogP contribution >= 0.6 is 0 Å². The summed E-state index contributed by atoms with van der Waals surface area (Å²) in [7, 11) is 0. The number of ether oxygens (including phenoxy) is 1. The molecule has 2 heterocycles. The predicted octanol–water partition coefficient (Wildman–Crippen LogP) is 1.23. The van der Waals surface area contributed by atoms with Crippen LogP contribution in [0.2, 0.25) is 0 Å². The molecule has 3 nitrogen and oxygen atoms in total. The van der Waals surface area contributed by atoms with E-state index in [1.807, 2.05) is 0 Å². The topological polar surface area (TPSA) is 38.5 Å². The number of hydrogen-bond donors (Lipinski definition) is 1. The quantitative estimate of drug-likeness (QED) is 0.690. The zero-order chi connectivity index (χ0) is 10.5. The first kappa shape index (κ1) is 11.4. The second-order valence-corrected chi connectivity index (χ2v) is 4.96. The lowest BCUT2D eigenvalue weighted by Gasteiger charge is -2.41. The standard InChI is InChI=1S/C12H24N2O/c13-6-1-4-12-5-8-14(12)7-2-3-11-9-15-10-11/h11-12H,1-10,13H2. The summed E-state index contributed by atoms with van der Waals surface area (Å²) < 4.78 is 5.18. The molecule has 0 aliphatic carbocycles. The van der Waals surface area contributed by atoms with Gasteiger partial charge in [0.05, 0.1) is 13.2 Å². The van der Waals surface area contributed by atoms with Gasteiger partial charge in [-0.15, -0.1) is 0 Å². The summed E-state index contributed by atoms with van der Waals surface area (Å²) in [5.41, 5.74) is 5.53. The molecule has 0 aromatic heterocycles. The highest BCUT2D eigenvalue weighted by molar-refractivity contribution is 4.82. The summed E-state index contributed by atoms with van der Waals surface area (Å²) in [6.07, 6.45) is 6.61. The van der Waals surface area contributed by atoms with Gasteiger partial charge in [-0.2, -0.15) is 0 Å². The molecule has 0 aromatic carbocycles. The second-order valence-electron chi connectivity index (χ2n) is 4.96. The average molecular weight is 212 g/mol. The minimum absolute atomic E-state index is 0.851. The van der Waals surface area contributed by atoms with Crippen molar-refractivity contribution in [2.75, 3.05) is 32.8 Å². The van der Waals surface area contributed by atoms with E-state index in [0.717, 1.165) is 31.7 Å². The van der Waals surface area contributed by atoms with E-state index in [1.54, 1.807) is 0 Å². The largest absolute Gasteiger partial charge is 0.381 e. The molecule has 2 N–H and O–H groups in total. The van der Waals surface area contributed by atoms with Crippen LogP contribution in [-0.2, 0) is 4.74 Å². The molecular formula is C12H24N2O. The van der Waals surface area contributed by atoms with Gasteiger partial charge in [-0.25, -0.2) is 0 Å². The van der Waals surface area contributed by atoms with Crippen molar-refractivity contribution in [1.29, 1.82) is 0 Å². The number of nitrogens with two attached hydrogens (primary N) is 1. The summed E-state index contributed by atoms with van der Waals surface area (Å²) in [6, 6.07) is 0.853. The maximum Gasteiger partial charge on any atom is 0.0516 e. The van der Waals surface area contributed by atoms with Crippen molar-refractivity contribution in [3.8, 4) is 0 Å². The van der Waals surface area contributed by atoms with E-state index in [1.165, 1.54) is 45.2 Å². The van der Waals surface area contributed by atoms with Crippen LogP contribution in [-0.4, -0.2) is 43.8 Å². The maximum atomic E-state index is 5.53. The molecule has 0 radical (unpaired) electrons. The van der Waals surface area contributed by atoms with E-state index in [4.69, 9.17) is 10.5 Å². The summed E-state index contributed by atoms with van der Waals surface area (Å²) in [6.45, 7) is 5.49. The van der Waals surface area contributed by atoms with Gasteiger partial charge in [-0.3, -0.25) is 0 Å². The van der Waals surface area contributed by atoms with Gasteiger partial charge in [0.1, 0.15) is 0 Å². The molecule has 1 unspecified atom stereocenters. The van der Waals surface area contributed by atoms with Crippen molar-refractivity contribution in [1.82, 2.24) is 4.90 Å². The minimum atomic E-state index is 0.851. The van der Waals surface area contributed by atoms with Gasteiger partial charge in [0, 0.05) is 12.0 Å². The molecule has 2 aliphatic rings. The first-order chi connectivity index (χ1) is 7.40. The molecule has 3 heteroatoms. The number of hydrogen-bond acceptors (Lipinski definition) is 3. The third kappa shape index (κ3) is 3.16. The maximum absolute atomic E-state index is 5.53. The van der Waals surface area contributed by atoms with E-state index >= 15 is 0 Å². The Morgan fingerprint density at radius 3 is 2.60 bits per heavy atom. The Labute approximate surface area is 93.0 Å². The number of rotatable bonds is 7. The molecule has 1 atom stereocenters. The lowest BCUT2D eigenvalue weighted by Crippen LogP contribution is -2.48. The normalized spacial score (nSPS) is 27.4. The molecule has 88 valence electrons. The van der Waals surface area contributed by atoms with Crippen LogP contribution in [0, 0.1) is 5.92 Å². The fourth-order valence-corrected chi connectivity index (χ4v) is 2.50. The Kier molecular flexibility index (Phi) is 4.42. The zero-order valence-electron chi connectivity index (χ0n) is 9.66. The first-order valence-corrected chi connectivity index (χ1v) is 6.42. The molecule has 2 rings (SSSR count). The molecule has 0 aromatic rings. The van der Waals surface area contributed by atoms with Gasteiger partial charge in [0.2, 0.25) is 0 Å². The molecule has 2 saturated heterocycles. The van der Waals surface area contributed by atoms with Crippen molar-refractivity contribution in [3.63, 3.8) is 0 Å². The van der Waals surface area contributed by atoms with Crippen molar-refractivity contribution in [2.24, 2.45) is 11.7 Å². The van der Waals surface area contributed by atoms with E-state index in [9.17, 15) is 0 Å². The van der Waals surface area contributed by atoms with Gasteiger partial charge in [-0.05, 0) is 51.7 Å². The Hall–Kier alpha value is -0.120. The van der Waals surface area contributed by atoms with E-state index < -0.39 is 0 Å². The molecule has 2 fully saturated rings. The van der Waals surface area contributed by atoms with E-state index in [2.05, 4.69) is 4.90 Å². The molecule has 0 bridgehead atoms. The van der Waals surface area contributed by atoms with Crippen molar-refractivity contribution in [3.05, 3.63) is 0 Å². The van der Waals surface area contributed by atoms with Crippen LogP contribution in [0.3, 0.4) is 0 Å². The summed E-state index contributed by atoms with van der Waals surface area (Å²) >= 11 is 0. The second kappa shape index (κ2) is 5.83. The highest BCUT2D eigenvalue weighted by Crippen LogP contribution is 2.23. The Bertz CT molecular complexity index is 182. The third-order valence-electron chi connectivity index (χ3n) is 3.77. The molecular weight excluding hydrogens is 188 g/mol. The minimum Gasteiger partial charge on any atom is -0.381 e. The molecule has 15 heavy (non-hydrogen) atoms. The molecule has 0 spiro atoms. The lowest BCUT2D eigenvalue weighted by atomic mass is 9.96. The lowest BCUT2D eigenvalue weighted by molar-refractivity contribution is -0.0387. The van der Waals surface area contributed by atoms with Gasteiger partial charge >= 0.3 is 0 Å². The average Bonchev–Trinajstić information content (AvgIpc) is 2.13. The predicted molar refractivity (Wildman–Crippen MR) is 61.8 cm³/mol. The Balaban J connectivity index is 1.50. The van der Waals surface area contributed by atoms with Crippen molar-refractivity contribution < 1.29 is 4.74 Å². The third-order valence-corrected chi connectivity index (χ3v) is 3.77. The smallest absolute Gasteiger partial charge is 0.0516 e. The highest BCUT2D eigenvalue weighted by Gasteiger charge is 2.27. The van der Waals surface area contributed by atoms with Gasteiger partial charge < -0.3 is 15.4 Å². The van der Waals surface area contributed by atoms with Crippen LogP contribution < -0.4 is 5.73 Å². The van der Waals surface area contributed by atoms with Gasteiger partial charge in [0.25, 0.3) is 0 Å². The van der Waals surface area contributed by atoms with Crippen LogP contribution in [0.4, 0.5) is 0 Å². The van der Waals surface area contributed by atoms with Crippen LogP contribution in [0.15, 0.2) is 0 Å². The summed E-state index contributed by atoms with van der Waals surface area (Å²) in [5.74, 6) is 0.869. The van der Waals surface area contributed by atoms with Crippen molar-refractivity contribution >= 4 is 0 Å². The van der Waals surface area contributed by atoms with E-state index in [-0.39, 0.29) is 0 Å². The monoisotopic (exact) mass is 212 g/mol. The Morgan fingerprint density at radius 2 is 2.07 bits per heavy atom. The highest BCUT2D eigenvalue weighted by atomic mass is 16.5. The summed E-state index contributed by atoms with van der Waals surface area (Å²) in [4.78, 5) is 2.63. The molecule has 0 saturated carbocycles. The Morgan fingerprint density at radius 1 is 1.20 bits per heavy atom. The molecule has 0 amide bonds. The fraction of sp³-hybridized carbons (Fsp3) is 1.00. The first-order valence-electron chi connectivity index (χ1n) is 6.42. The zero-order valence-corrected chi connectivity index (χ0v) is 9.66. The number of likely N-dealkylation sites (tertiary alicyclic amines) is 1.